The third-order valence-electron chi connectivity index (χ3n) is 3.77. The van der Waals surface area contributed by atoms with Gasteiger partial charge < -0.3 is 4.74 Å². The summed E-state index contributed by atoms with van der Waals surface area (Å²) in [6.07, 6.45) is 1.96. The van der Waals surface area contributed by atoms with E-state index in [1.807, 2.05) is 23.9 Å². The van der Waals surface area contributed by atoms with Gasteiger partial charge >= 0.3 is 0 Å². The van der Waals surface area contributed by atoms with Crippen molar-refractivity contribution in [1.29, 1.82) is 0 Å². The highest BCUT2D eigenvalue weighted by Crippen LogP contribution is 2.32. The second-order valence-corrected chi connectivity index (χ2v) is 6.32. The molecule has 1 atom stereocenters. The van der Waals surface area contributed by atoms with Gasteiger partial charge in [0.15, 0.2) is 0 Å². The summed E-state index contributed by atoms with van der Waals surface area (Å²) in [5.41, 5.74) is 1.87. The van der Waals surface area contributed by atoms with Crippen LogP contribution in [0.2, 0.25) is 10.0 Å². The third-order valence-corrected chi connectivity index (χ3v) is 4.35. The van der Waals surface area contributed by atoms with Crippen LogP contribution in [0.4, 0.5) is 0 Å². The standard InChI is InChI=1S/C14H15Cl2N3O/c1-9(11-5-10(15)3-4-12(11)16)19-6-13(17-18-19)14(2)7-20-8-14/h3-6,9H,7-8H2,1-2H3. The average molecular weight is 312 g/mol. The van der Waals surface area contributed by atoms with Gasteiger partial charge in [-0.3, -0.25) is 0 Å². The lowest BCUT2D eigenvalue weighted by atomic mass is 9.85. The quantitative estimate of drug-likeness (QED) is 0.871. The summed E-state index contributed by atoms with van der Waals surface area (Å²) < 4.78 is 7.08. The van der Waals surface area contributed by atoms with E-state index in [4.69, 9.17) is 27.9 Å². The molecule has 1 aliphatic heterocycles. The van der Waals surface area contributed by atoms with E-state index < -0.39 is 0 Å². The maximum Gasteiger partial charge on any atom is 0.0932 e. The highest BCUT2D eigenvalue weighted by atomic mass is 35.5. The molecule has 1 aromatic carbocycles. The Labute approximate surface area is 127 Å². The van der Waals surface area contributed by atoms with Crippen molar-refractivity contribution in [2.45, 2.75) is 25.3 Å². The first-order chi connectivity index (χ1) is 9.49. The Morgan fingerprint density at radius 3 is 2.75 bits per heavy atom. The highest BCUT2D eigenvalue weighted by Gasteiger charge is 2.38. The maximum absolute atomic E-state index is 6.24. The van der Waals surface area contributed by atoms with Crippen molar-refractivity contribution in [3.63, 3.8) is 0 Å². The van der Waals surface area contributed by atoms with Crippen LogP contribution in [0.5, 0.6) is 0 Å². The lowest BCUT2D eigenvalue weighted by Gasteiger charge is -2.35. The van der Waals surface area contributed by atoms with Crippen LogP contribution in [-0.2, 0) is 10.2 Å². The minimum atomic E-state index is -0.0213. The van der Waals surface area contributed by atoms with E-state index in [-0.39, 0.29) is 11.5 Å². The van der Waals surface area contributed by atoms with Crippen molar-refractivity contribution in [1.82, 2.24) is 15.0 Å². The minimum absolute atomic E-state index is 0.0178. The highest BCUT2D eigenvalue weighted by molar-refractivity contribution is 6.33. The van der Waals surface area contributed by atoms with Crippen molar-refractivity contribution in [2.24, 2.45) is 0 Å². The molecule has 4 nitrogen and oxygen atoms in total. The molecule has 2 heterocycles. The van der Waals surface area contributed by atoms with Gasteiger partial charge in [0.1, 0.15) is 0 Å². The predicted octanol–water partition coefficient (Wildman–Crippen LogP) is 3.48. The molecule has 1 fully saturated rings. The number of halogens is 2. The molecule has 0 spiro atoms. The first-order valence-electron chi connectivity index (χ1n) is 6.45. The number of hydrogen-bond acceptors (Lipinski definition) is 3. The van der Waals surface area contributed by atoms with Crippen molar-refractivity contribution < 1.29 is 4.74 Å². The van der Waals surface area contributed by atoms with Gasteiger partial charge in [0.2, 0.25) is 0 Å². The van der Waals surface area contributed by atoms with Crippen LogP contribution in [-0.4, -0.2) is 28.2 Å². The van der Waals surface area contributed by atoms with Gasteiger partial charge in [-0.2, -0.15) is 0 Å². The van der Waals surface area contributed by atoms with Crippen LogP contribution < -0.4 is 0 Å². The zero-order valence-corrected chi connectivity index (χ0v) is 12.8. The number of rotatable bonds is 3. The minimum Gasteiger partial charge on any atom is -0.379 e. The Bertz CT molecular complexity index is 637. The zero-order chi connectivity index (χ0) is 14.3. The lowest BCUT2D eigenvalue weighted by molar-refractivity contribution is -0.0521. The van der Waals surface area contributed by atoms with Crippen molar-refractivity contribution in [3.8, 4) is 0 Å². The first kappa shape index (κ1) is 13.9. The van der Waals surface area contributed by atoms with E-state index in [0.29, 0.717) is 23.3 Å². The summed E-state index contributed by atoms with van der Waals surface area (Å²) in [4.78, 5) is 0. The Morgan fingerprint density at radius 1 is 1.35 bits per heavy atom. The van der Waals surface area contributed by atoms with Crippen molar-refractivity contribution >= 4 is 23.2 Å². The van der Waals surface area contributed by atoms with Crippen molar-refractivity contribution in [2.75, 3.05) is 13.2 Å². The molecule has 1 aromatic heterocycles. The summed E-state index contributed by atoms with van der Waals surface area (Å²) >= 11 is 12.3. The number of aromatic nitrogens is 3. The van der Waals surface area contributed by atoms with Gasteiger partial charge in [-0.1, -0.05) is 28.4 Å². The second-order valence-electron chi connectivity index (χ2n) is 5.48. The second kappa shape index (κ2) is 5.02. The maximum atomic E-state index is 6.24. The van der Waals surface area contributed by atoms with Crippen LogP contribution in [0.25, 0.3) is 0 Å². The molecule has 20 heavy (non-hydrogen) atoms. The molecule has 6 heteroatoms. The molecule has 1 aliphatic rings. The Kier molecular flexibility index (Phi) is 3.48. The molecule has 1 unspecified atom stereocenters. The summed E-state index contributed by atoms with van der Waals surface area (Å²) in [5, 5.41) is 9.83. The third kappa shape index (κ3) is 2.32. The molecule has 0 bridgehead atoms. The fourth-order valence-corrected chi connectivity index (χ4v) is 2.73. The molecule has 0 aliphatic carbocycles. The van der Waals surface area contributed by atoms with Gasteiger partial charge in [0.25, 0.3) is 0 Å². The normalized spacial score (nSPS) is 18.6. The van der Waals surface area contributed by atoms with Crippen LogP contribution in [0.15, 0.2) is 24.4 Å². The van der Waals surface area contributed by atoms with Crippen LogP contribution in [0.1, 0.15) is 31.1 Å². The number of nitrogens with zero attached hydrogens (tertiary/aromatic N) is 3. The molecule has 1 saturated heterocycles. The van der Waals surface area contributed by atoms with Crippen molar-refractivity contribution in [3.05, 3.63) is 45.7 Å². The molecule has 0 saturated carbocycles. The van der Waals surface area contributed by atoms with Gasteiger partial charge in [-0.25, -0.2) is 4.68 Å². The predicted molar refractivity (Wildman–Crippen MR) is 78.5 cm³/mol. The van der Waals surface area contributed by atoms with E-state index in [1.165, 1.54) is 0 Å². The van der Waals surface area contributed by atoms with E-state index >= 15 is 0 Å². The summed E-state index contributed by atoms with van der Waals surface area (Å²) in [7, 11) is 0. The summed E-state index contributed by atoms with van der Waals surface area (Å²) in [5.74, 6) is 0. The van der Waals surface area contributed by atoms with Gasteiger partial charge in [-0.05, 0) is 37.6 Å². The molecule has 2 aromatic rings. The van der Waals surface area contributed by atoms with Crippen LogP contribution in [0, 0.1) is 0 Å². The van der Waals surface area contributed by atoms with E-state index in [9.17, 15) is 0 Å². The molecule has 0 N–H and O–H groups in total. The topological polar surface area (TPSA) is 39.9 Å². The van der Waals surface area contributed by atoms with E-state index in [2.05, 4.69) is 17.2 Å². The Hall–Kier alpha value is -1.10. The van der Waals surface area contributed by atoms with Gasteiger partial charge in [0.05, 0.1) is 30.4 Å². The molecule has 0 radical (unpaired) electrons. The van der Waals surface area contributed by atoms with E-state index in [0.717, 1.165) is 11.3 Å². The number of benzene rings is 1. The zero-order valence-electron chi connectivity index (χ0n) is 11.3. The Balaban J connectivity index is 1.91. The SMILES string of the molecule is CC(c1cc(Cl)ccc1Cl)n1cc(C2(C)COC2)nn1. The monoisotopic (exact) mass is 311 g/mol. The Morgan fingerprint density at radius 2 is 2.10 bits per heavy atom. The van der Waals surface area contributed by atoms with Crippen LogP contribution in [0.3, 0.4) is 0 Å². The molecular weight excluding hydrogens is 297 g/mol. The summed E-state index contributed by atoms with van der Waals surface area (Å²) in [6, 6.07) is 5.42. The molecule has 0 amide bonds. The smallest absolute Gasteiger partial charge is 0.0932 e. The molecule has 3 rings (SSSR count). The average Bonchev–Trinajstić information content (AvgIpc) is 2.88. The first-order valence-corrected chi connectivity index (χ1v) is 7.20. The van der Waals surface area contributed by atoms with Gasteiger partial charge in [-0.15, -0.1) is 5.10 Å². The molecular formula is C14H15Cl2N3O. The van der Waals surface area contributed by atoms with Gasteiger partial charge in [0, 0.05) is 16.2 Å². The number of ether oxygens (including phenoxy) is 1. The molecule has 106 valence electrons. The fraction of sp³-hybridized carbons (Fsp3) is 0.429. The number of hydrogen-bond donors (Lipinski definition) is 0. The lowest BCUT2D eigenvalue weighted by Crippen LogP contribution is -2.44. The van der Waals surface area contributed by atoms with Crippen LogP contribution >= 0.6 is 23.2 Å². The fourth-order valence-electron chi connectivity index (χ4n) is 2.28. The van der Waals surface area contributed by atoms with E-state index in [1.54, 1.807) is 12.1 Å². The largest absolute Gasteiger partial charge is 0.379 e. The summed E-state index contributed by atoms with van der Waals surface area (Å²) in [6.45, 7) is 5.54.